The molecule has 36 heavy (non-hydrogen) atoms. The molecule has 0 spiro atoms. The molecule has 1 aromatic heterocycles. The molecule has 0 aliphatic carbocycles. The number of nitrogens with zero attached hydrogens (tertiary/aromatic N) is 2. The minimum atomic E-state index is -4.68. The molecule has 0 saturated heterocycles. The lowest BCUT2D eigenvalue weighted by atomic mass is 10.2. The Labute approximate surface area is 212 Å². The van der Waals surface area contributed by atoms with Gasteiger partial charge in [-0.25, -0.2) is 9.78 Å². The number of benzene rings is 3. The Morgan fingerprint density at radius 2 is 1.67 bits per heavy atom. The van der Waals surface area contributed by atoms with E-state index in [0.29, 0.717) is 11.2 Å². The van der Waals surface area contributed by atoms with Gasteiger partial charge in [0.2, 0.25) is 0 Å². The van der Waals surface area contributed by atoms with Crippen molar-refractivity contribution < 1.29 is 18.0 Å². The Morgan fingerprint density at radius 1 is 1.00 bits per heavy atom. The lowest BCUT2D eigenvalue weighted by Crippen LogP contribution is -2.28. The number of rotatable bonds is 4. The molecular weight excluding hydrogens is 518 g/mol. The van der Waals surface area contributed by atoms with Crippen LogP contribution in [0.4, 0.5) is 29.3 Å². The normalized spacial score (nSPS) is 12.4. The van der Waals surface area contributed by atoms with Gasteiger partial charge >= 0.3 is 12.2 Å². The van der Waals surface area contributed by atoms with Crippen LogP contribution in [0.1, 0.15) is 24.4 Å². The van der Waals surface area contributed by atoms with Gasteiger partial charge in [0.05, 0.1) is 38.2 Å². The molecule has 0 saturated carbocycles. The van der Waals surface area contributed by atoms with Crippen LogP contribution in [-0.4, -0.2) is 15.6 Å². The molecule has 0 aliphatic rings. The highest BCUT2D eigenvalue weighted by molar-refractivity contribution is 6.35. The minimum absolute atomic E-state index is 0.107. The molecular formula is C24H18Cl2F3N5O2. The zero-order valence-electron chi connectivity index (χ0n) is 18.5. The summed E-state index contributed by atoms with van der Waals surface area (Å²) in [5.74, 6) is 0.275. The number of hydrogen-bond donors (Lipinski definition) is 3. The van der Waals surface area contributed by atoms with Crippen LogP contribution in [0.2, 0.25) is 10.0 Å². The summed E-state index contributed by atoms with van der Waals surface area (Å²) in [7, 11) is 0. The quantitative estimate of drug-likeness (QED) is 0.282. The van der Waals surface area contributed by atoms with E-state index in [9.17, 15) is 22.8 Å². The predicted octanol–water partition coefficient (Wildman–Crippen LogP) is 6.38. The highest BCUT2D eigenvalue weighted by Gasteiger charge is 2.33. The summed E-state index contributed by atoms with van der Waals surface area (Å²) in [5, 5.41) is 4.82. The summed E-state index contributed by atoms with van der Waals surface area (Å²) in [6.45, 7) is 1.67. The molecule has 186 valence electrons. The Bertz CT molecular complexity index is 1540. The van der Waals surface area contributed by atoms with Gasteiger partial charge in [-0.2, -0.15) is 13.2 Å². The second-order valence-corrected chi connectivity index (χ2v) is 8.67. The number of nitrogens with two attached hydrogens (primary N) is 1. The van der Waals surface area contributed by atoms with Crippen molar-refractivity contribution >= 4 is 51.5 Å². The number of carbonyl (C=O) groups excluding carboxylic acids is 1. The van der Waals surface area contributed by atoms with Gasteiger partial charge in [-0.1, -0.05) is 35.3 Å². The number of carbonyl (C=O) groups is 1. The van der Waals surface area contributed by atoms with Crippen molar-refractivity contribution in [3.63, 3.8) is 0 Å². The SMILES string of the molecule is CC(N)c1nc2cccc(Cl)c2c(=O)n1-c1cccc(NC(=O)Nc2ccc(Cl)c(C(F)(F)F)c2)c1. The zero-order chi connectivity index (χ0) is 26.2. The molecule has 0 aliphatic heterocycles. The van der Waals surface area contributed by atoms with Gasteiger partial charge in [-0.15, -0.1) is 0 Å². The van der Waals surface area contributed by atoms with Gasteiger partial charge in [0.1, 0.15) is 5.82 Å². The second kappa shape index (κ2) is 9.81. The van der Waals surface area contributed by atoms with Crippen molar-refractivity contribution in [2.24, 2.45) is 5.73 Å². The largest absolute Gasteiger partial charge is 0.417 e. The Hall–Kier alpha value is -3.60. The average molecular weight is 536 g/mol. The van der Waals surface area contributed by atoms with E-state index in [1.165, 1.54) is 16.7 Å². The smallest absolute Gasteiger partial charge is 0.322 e. The number of alkyl halides is 3. The van der Waals surface area contributed by atoms with Crippen molar-refractivity contribution in [2.45, 2.75) is 19.1 Å². The van der Waals surface area contributed by atoms with Gasteiger partial charge in [0.15, 0.2) is 0 Å². The van der Waals surface area contributed by atoms with Gasteiger partial charge in [-0.05, 0) is 55.5 Å². The fourth-order valence-corrected chi connectivity index (χ4v) is 4.07. The average Bonchev–Trinajstić information content (AvgIpc) is 2.79. The molecule has 4 N–H and O–H groups in total. The lowest BCUT2D eigenvalue weighted by molar-refractivity contribution is -0.137. The molecule has 4 rings (SSSR count). The maximum Gasteiger partial charge on any atom is 0.417 e. The first-order valence-corrected chi connectivity index (χ1v) is 11.2. The first-order chi connectivity index (χ1) is 17.0. The number of nitrogens with one attached hydrogen (secondary N) is 2. The van der Waals surface area contributed by atoms with Crippen molar-refractivity contribution in [3.8, 4) is 5.69 Å². The van der Waals surface area contributed by atoms with E-state index >= 15 is 0 Å². The van der Waals surface area contributed by atoms with Crippen molar-refractivity contribution in [2.75, 3.05) is 10.6 Å². The standard InChI is InChI=1S/C24H18Cl2F3N5O2/c1-12(30)21-33-19-7-3-6-18(26)20(19)22(35)34(21)15-5-2-4-13(10-15)31-23(36)32-14-8-9-17(25)16(11-14)24(27,28)29/h2-12H,30H2,1H3,(H2,31,32,36). The summed E-state index contributed by atoms with van der Waals surface area (Å²) >= 11 is 11.9. The van der Waals surface area contributed by atoms with Crippen LogP contribution < -0.4 is 21.9 Å². The van der Waals surface area contributed by atoms with Crippen molar-refractivity contribution in [1.29, 1.82) is 0 Å². The lowest BCUT2D eigenvalue weighted by Gasteiger charge is -2.17. The third-order valence-corrected chi connectivity index (χ3v) is 5.82. The summed E-state index contributed by atoms with van der Waals surface area (Å²) in [4.78, 5) is 30.4. The summed E-state index contributed by atoms with van der Waals surface area (Å²) in [6, 6.07) is 12.8. The molecule has 1 unspecified atom stereocenters. The molecule has 7 nitrogen and oxygen atoms in total. The highest BCUT2D eigenvalue weighted by Crippen LogP contribution is 2.36. The molecule has 1 heterocycles. The van der Waals surface area contributed by atoms with Gasteiger partial charge in [0.25, 0.3) is 5.56 Å². The Kier molecular flexibility index (Phi) is 6.94. The Balaban J connectivity index is 1.67. The third-order valence-electron chi connectivity index (χ3n) is 5.17. The van der Waals surface area contributed by atoms with Crippen LogP contribution in [0.25, 0.3) is 16.6 Å². The Morgan fingerprint density at radius 3 is 2.33 bits per heavy atom. The molecule has 3 aromatic carbocycles. The molecule has 0 fully saturated rings. The van der Waals surface area contributed by atoms with Gasteiger partial charge in [-0.3, -0.25) is 9.36 Å². The van der Waals surface area contributed by atoms with E-state index in [4.69, 9.17) is 28.9 Å². The number of amides is 2. The molecule has 0 bridgehead atoms. The van der Waals surface area contributed by atoms with Crippen LogP contribution in [-0.2, 0) is 6.18 Å². The first-order valence-electron chi connectivity index (χ1n) is 10.5. The van der Waals surface area contributed by atoms with E-state index in [0.717, 1.165) is 12.1 Å². The van der Waals surface area contributed by atoms with Crippen molar-refractivity contribution in [3.05, 3.63) is 92.5 Å². The fourth-order valence-electron chi connectivity index (χ4n) is 3.60. The van der Waals surface area contributed by atoms with E-state index < -0.39 is 34.4 Å². The van der Waals surface area contributed by atoms with E-state index in [1.54, 1.807) is 43.3 Å². The molecule has 1 atom stereocenters. The maximum atomic E-state index is 13.4. The summed E-state index contributed by atoms with van der Waals surface area (Å²) in [5.41, 5.74) is 5.46. The summed E-state index contributed by atoms with van der Waals surface area (Å²) < 4.78 is 40.6. The van der Waals surface area contributed by atoms with Crippen LogP contribution in [0, 0.1) is 0 Å². The van der Waals surface area contributed by atoms with Crippen LogP contribution >= 0.6 is 23.2 Å². The zero-order valence-corrected chi connectivity index (χ0v) is 20.0. The van der Waals surface area contributed by atoms with E-state index in [1.807, 2.05) is 0 Å². The van der Waals surface area contributed by atoms with E-state index in [2.05, 4.69) is 15.6 Å². The number of aromatic nitrogens is 2. The molecule has 0 radical (unpaired) electrons. The van der Waals surface area contributed by atoms with Crippen LogP contribution in [0.15, 0.2) is 65.5 Å². The number of fused-ring (bicyclic) bond motifs is 1. The van der Waals surface area contributed by atoms with Crippen LogP contribution in [0.5, 0.6) is 0 Å². The monoisotopic (exact) mass is 535 g/mol. The van der Waals surface area contributed by atoms with Crippen molar-refractivity contribution in [1.82, 2.24) is 9.55 Å². The minimum Gasteiger partial charge on any atom is -0.322 e. The molecule has 2 amide bonds. The topological polar surface area (TPSA) is 102 Å². The number of hydrogen-bond acceptors (Lipinski definition) is 4. The number of anilines is 2. The fraction of sp³-hybridized carbons (Fsp3) is 0.125. The highest BCUT2D eigenvalue weighted by atomic mass is 35.5. The first kappa shape index (κ1) is 25.5. The molecule has 4 aromatic rings. The third kappa shape index (κ3) is 5.15. The molecule has 12 heteroatoms. The number of halogens is 5. The summed E-state index contributed by atoms with van der Waals surface area (Å²) in [6.07, 6.45) is -4.68. The maximum absolute atomic E-state index is 13.4. The predicted molar refractivity (Wildman–Crippen MR) is 134 cm³/mol. The van der Waals surface area contributed by atoms with Gasteiger partial charge < -0.3 is 16.4 Å². The van der Waals surface area contributed by atoms with E-state index in [-0.39, 0.29) is 27.6 Å². The van der Waals surface area contributed by atoms with Crippen LogP contribution in [0.3, 0.4) is 0 Å². The number of urea groups is 1. The van der Waals surface area contributed by atoms with Gasteiger partial charge in [0, 0.05) is 11.4 Å². The second-order valence-electron chi connectivity index (χ2n) is 7.86.